The Morgan fingerprint density at radius 2 is 1.80 bits per heavy atom. The Hall–Kier alpha value is -2.10. The molecule has 2 rings (SSSR count). The molecule has 0 radical (unpaired) electrons. The van der Waals surface area contributed by atoms with E-state index in [1.165, 1.54) is 5.57 Å². The van der Waals surface area contributed by atoms with Gasteiger partial charge in [-0.2, -0.15) is 0 Å². The minimum Gasteiger partial charge on any atom is -0.507 e. The first-order chi connectivity index (χ1) is 12.0. The molecule has 134 valence electrons. The van der Waals surface area contributed by atoms with Crippen LogP contribution >= 0.6 is 0 Å². The van der Waals surface area contributed by atoms with Gasteiger partial charge in [0, 0.05) is 11.3 Å². The van der Waals surface area contributed by atoms with E-state index in [1.54, 1.807) is 19.1 Å². The summed E-state index contributed by atoms with van der Waals surface area (Å²) in [5.74, 6) is -0.0282. The molecule has 0 aliphatic carbocycles. The van der Waals surface area contributed by atoms with Gasteiger partial charge in [-0.15, -0.1) is 6.58 Å². The van der Waals surface area contributed by atoms with Crippen molar-refractivity contribution >= 4 is 16.8 Å². The summed E-state index contributed by atoms with van der Waals surface area (Å²) in [5.41, 5.74) is 2.29. The molecule has 0 spiro atoms. The quantitative estimate of drug-likeness (QED) is 0.612. The highest BCUT2D eigenvalue weighted by Gasteiger charge is 2.20. The third kappa shape index (κ3) is 4.71. The predicted molar refractivity (Wildman–Crippen MR) is 104 cm³/mol. The topological polar surface area (TPSA) is 60.7 Å². The molecule has 2 aromatic carbocycles. The van der Waals surface area contributed by atoms with Crippen molar-refractivity contribution in [2.45, 2.75) is 45.3 Å². The molecule has 0 saturated heterocycles. The van der Waals surface area contributed by atoms with Crippen LogP contribution in [0.4, 0.5) is 0 Å². The highest BCUT2D eigenvalue weighted by atomic mass is 16.3. The zero-order chi connectivity index (χ0) is 18.4. The molecule has 0 saturated carbocycles. The summed E-state index contributed by atoms with van der Waals surface area (Å²) in [6.07, 6.45) is 4.76. The SMILES string of the molecule is C=C[C@H]([C@H](O)CC/C(=C/c1ccc(O)c2ccccc12)CC)[C@@H](C)O. The van der Waals surface area contributed by atoms with E-state index < -0.39 is 12.2 Å². The fourth-order valence-corrected chi connectivity index (χ4v) is 3.20. The molecule has 0 aliphatic heterocycles. The Balaban J connectivity index is 2.21. The van der Waals surface area contributed by atoms with Gasteiger partial charge in [0.15, 0.2) is 0 Å². The van der Waals surface area contributed by atoms with Crippen LogP contribution < -0.4 is 0 Å². The molecule has 0 fully saturated rings. The van der Waals surface area contributed by atoms with Crippen molar-refractivity contribution in [2.24, 2.45) is 5.92 Å². The monoisotopic (exact) mass is 340 g/mol. The largest absolute Gasteiger partial charge is 0.507 e. The molecule has 0 unspecified atom stereocenters. The lowest BCUT2D eigenvalue weighted by molar-refractivity contribution is 0.0421. The molecule has 3 atom stereocenters. The van der Waals surface area contributed by atoms with E-state index in [2.05, 4.69) is 19.6 Å². The summed E-state index contributed by atoms with van der Waals surface area (Å²) >= 11 is 0. The molecule has 0 aromatic heterocycles. The first-order valence-electron chi connectivity index (χ1n) is 8.86. The van der Waals surface area contributed by atoms with Crippen LogP contribution in [0.5, 0.6) is 5.75 Å². The number of benzene rings is 2. The number of fused-ring (bicyclic) bond motifs is 1. The second-order valence-corrected chi connectivity index (χ2v) is 6.54. The van der Waals surface area contributed by atoms with Crippen LogP contribution in [0.15, 0.2) is 54.6 Å². The van der Waals surface area contributed by atoms with Crippen molar-refractivity contribution in [1.82, 2.24) is 0 Å². The summed E-state index contributed by atoms with van der Waals surface area (Å²) in [4.78, 5) is 0. The maximum Gasteiger partial charge on any atom is 0.123 e. The van der Waals surface area contributed by atoms with Crippen LogP contribution in [-0.2, 0) is 0 Å². The van der Waals surface area contributed by atoms with Gasteiger partial charge < -0.3 is 15.3 Å². The normalized spacial score (nSPS) is 15.8. The number of allylic oxidation sites excluding steroid dienone is 1. The molecule has 25 heavy (non-hydrogen) atoms. The first-order valence-corrected chi connectivity index (χ1v) is 8.86. The van der Waals surface area contributed by atoms with Gasteiger partial charge in [-0.25, -0.2) is 0 Å². The van der Waals surface area contributed by atoms with Gasteiger partial charge in [0.2, 0.25) is 0 Å². The van der Waals surface area contributed by atoms with Crippen molar-refractivity contribution in [3.63, 3.8) is 0 Å². The number of hydrogen-bond donors (Lipinski definition) is 3. The fraction of sp³-hybridized carbons (Fsp3) is 0.364. The van der Waals surface area contributed by atoms with Gasteiger partial charge in [-0.05, 0) is 43.2 Å². The van der Waals surface area contributed by atoms with E-state index in [0.717, 1.165) is 29.2 Å². The van der Waals surface area contributed by atoms with Crippen LogP contribution in [-0.4, -0.2) is 27.5 Å². The van der Waals surface area contributed by atoms with Crippen molar-refractivity contribution in [3.05, 3.63) is 60.2 Å². The van der Waals surface area contributed by atoms with E-state index in [9.17, 15) is 15.3 Å². The lowest BCUT2D eigenvalue weighted by atomic mass is 9.91. The van der Waals surface area contributed by atoms with Crippen molar-refractivity contribution in [3.8, 4) is 5.75 Å². The number of phenolic OH excluding ortho intramolecular Hbond substituents is 1. The molecular formula is C22H28O3. The van der Waals surface area contributed by atoms with Gasteiger partial charge in [0.05, 0.1) is 12.2 Å². The lowest BCUT2D eigenvalue weighted by Crippen LogP contribution is -2.28. The average Bonchev–Trinajstić information content (AvgIpc) is 2.61. The number of aliphatic hydroxyl groups is 2. The highest BCUT2D eigenvalue weighted by molar-refractivity contribution is 5.94. The number of rotatable bonds is 8. The first kappa shape index (κ1) is 19.2. The molecular weight excluding hydrogens is 312 g/mol. The van der Waals surface area contributed by atoms with E-state index in [-0.39, 0.29) is 11.7 Å². The standard InChI is InChI=1S/C22H28O3/c1-4-16(10-12-21(24)18(5-2)15(3)23)14-17-11-13-22(25)20-9-7-6-8-19(17)20/h5-9,11,13-15,18,21,23-25H,2,4,10,12H2,1,3H3/b16-14+/t15-,18+,21-/m1/s1. The summed E-state index contributed by atoms with van der Waals surface area (Å²) in [6, 6.07) is 11.4. The Bertz CT molecular complexity index is 746. The summed E-state index contributed by atoms with van der Waals surface area (Å²) in [6.45, 7) is 7.48. The van der Waals surface area contributed by atoms with Crippen LogP contribution in [0.1, 0.15) is 38.7 Å². The van der Waals surface area contributed by atoms with Crippen LogP contribution in [0.25, 0.3) is 16.8 Å². The molecule has 0 amide bonds. The predicted octanol–water partition coefficient (Wildman–Crippen LogP) is 4.66. The summed E-state index contributed by atoms with van der Waals surface area (Å²) in [5, 5.41) is 31.9. The van der Waals surface area contributed by atoms with E-state index in [1.807, 2.05) is 30.3 Å². The molecule has 0 heterocycles. The van der Waals surface area contributed by atoms with Crippen LogP contribution in [0.2, 0.25) is 0 Å². The second kappa shape index (κ2) is 8.84. The zero-order valence-corrected chi connectivity index (χ0v) is 15.0. The molecule has 0 aliphatic rings. The summed E-state index contributed by atoms with van der Waals surface area (Å²) in [7, 11) is 0. The third-order valence-corrected chi connectivity index (χ3v) is 4.78. The molecule has 3 nitrogen and oxygen atoms in total. The second-order valence-electron chi connectivity index (χ2n) is 6.54. The van der Waals surface area contributed by atoms with E-state index >= 15 is 0 Å². The highest BCUT2D eigenvalue weighted by Crippen LogP contribution is 2.30. The minimum atomic E-state index is -0.609. The van der Waals surface area contributed by atoms with Crippen LogP contribution in [0.3, 0.4) is 0 Å². The average molecular weight is 340 g/mol. The van der Waals surface area contributed by atoms with E-state index in [0.29, 0.717) is 6.42 Å². The number of phenols is 1. The molecule has 3 heteroatoms. The Morgan fingerprint density at radius 3 is 2.40 bits per heavy atom. The van der Waals surface area contributed by atoms with Gasteiger partial charge in [-0.3, -0.25) is 0 Å². The van der Waals surface area contributed by atoms with Crippen LogP contribution in [0, 0.1) is 5.92 Å². The maximum absolute atomic E-state index is 10.3. The molecule has 3 N–H and O–H groups in total. The number of aliphatic hydroxyl groups excluding tert-OH is 2. The fourth-order valence-electron chi connectivity index (χ4n) is 3.20. The Kier molecular flexibility index (Phi) is 6.80. The van der Waals surface area contributed by atoms with Gasteiger partial charge in [0.1, 0.15) is 5.75 Å². The van der Waals surface area contributed by atoms with Gasteiger partial charge >= 0.3 is 0 Å². The van der Waals surface area contributed by atoms with Crippen molar-refractivity contribution in [1.29, 1.82) is 0 Å². The zero-order valence-electron chi connectivity index (χ0n) is 15.0. The minimum absolute atomic E-state index is 0.284. The number of aromatic hydroxyl groups is 1. The molecule has 0 bridgehead atoms. The smallest absolute Gasteiger partial charge is 0.123 e. The maximum atomic E-state index is 10.3. The Morgan fingerprint density at radius 1 is 1.12 bits per heavy atom. The lowest BCUT2D eigenvalue weighted by Gasteiger charge is -2.22. The third-order valence-electron chi connectivity index (χ3n) is 4.78. The Labute approximate surface area is 149 Å². The van der Waals surface area contributed by atoms with Crippen molar-refractivity contribution < 1.29 is 15.3 Å². The van der Waals surface area contributed by atoms with Gasteiger partial charge in [0.25, 0.3) is 0 Å². The summed E-state index contributed by atoms with van der Waals surface area (Å²) < 4.78 is 0. The molecule has 2 aromatic rings. The van der Waals surface area contributed by atoms with E-state index in [4.69, 9.17) is 0 Å². The number of hydrogen-bond acceptors (Lipinski definition) is 3. The van der Waals surface area contributed by atoms with Crippen molar-refractivity contribution in [2.75, 3.05) is 0 Å². The van der Waals surface area contributed by atoms with Gasteiger partial charge in [-0.1, -0.05) is 55.0 Å².